The van der Waals surface area contributed by atoms with Crippen molar-refractivity contribution in [2.45, 2.75) is 23.9 Å². The third-order valence-corrected chi connectivity index (χ3v) is 5.07. The standard InChI is InChI=1S/C11H13F3N2O2S/c12-11(13,14)9-3-6-16(7-4-9)19(17,18)10-2-1-5-15-8-10/h1-2,5,8-9H,3-4,6-7H2. The minimum absolute atomic E-state index is 0.0143. The third-order valence-electron chi connectivity index (χ3n) is 3.19. The summed E-state index contributed by atoms with van der Waals surface area (Å²) in [4.78, 5) is 3.73. The molecule has 0 saturated carbocycles. The number of aromatic nitrogens is 1. The maximum absolute atomic E-state index is 12.5. The van der Waals surface area contributed by atoms with Crippen molar-refractivity contribution in [1.82, 2.24) is 9.29 Å². The normalized spacial score (nSPS) is 19.5. The Balaban J connectivity index is 2.10. The van der Waals surface area contributed by atoms with Crippen LogP contribution in [0.2, 0.25) is 0 Å². The van der Waals surface area contributed by atoms with Crippen LogP contribution in [-0.4, -0.2) is 37.0 Å². The Hall–Kier alpha value is -1.15. The molecule has 0 amide bonds. The second kappa shape index (κ2) is 5.09. The van der Waals surface area contributed by atoms with Gasteiger partial charge in [0, 0.05) is 25.5 Å². The molecular formula is C11H13F3N2O2S. The SMILES string of the molecule is O=S(=O)(c1cccnc1)N1CCC(C(F)(F)F)CC1. The van der Waals surface area contributed by atoms with Crippen molar-refractivity contribution in [3.8, 4) is 0 Å². The number of piperidine rings is 1. The Kier molecular flexibility index (Phi) is 3.82. The van der Waals surface area contributed by atoms with E-state index in [2.05, 4.69) is 4.98 Å². The summed E-state index contributed by atoms with van der Waals surface area (Å²) in [6.07, 6.45) is -1.99. The van der Waals surface area contributed by atoms with E-state index in [9.17, 15) is 21.6 Å². The fourth-order valence-corrected chi connectivity index (χ4v) is 3.51. The molecule has 1 aliphatic rings. The number of pyridine rings is 1. The van der Waals surface area contributed by atoms with E-state index < -0.39 is 22.1 Å². The van der Waals surface area contributed by atoms with Gasteiger partial charge < -0.3 is 0 Å². The number of rotatable bonds is 2. The highest BCUT2D eigenvalue weighted by atomic mass is 32.2. The van der Waals surface area contributed by atoms with E-state index in [-0.39, 0.29) is 30.8 Å². The smallest absolute Gasteiger partial charge is 0.263 e. The molecule has 19 heavy (non-hydrogen) atoms. The number of alkyl halides is 3. The Morgan fingerprint density at radius 3 is 2.37 bits per heavy atom. The molecule has 0 aliphatic carbocycles. The molecule has 4 nitrogen and oxygen atoms in total. The van der Waals surface area contributed by atoms with Crippen LogP contribution >= 0.6 is 0 Å². The topological polar surface area (TPSA) is 50.3 Å². The molecule has 0 bridgehead atoms. The summed E-state index contributed by atoms with van der Waals surface area (Å²) in [6, 6.07) is 2.87. The lowest BCUT2D eigenvalue weighted by Gasteiger charge is -2.32. The largest absolute Gasteiger partial charge is 0.391 e. The molecule has 0 spiro atoms. The van der Waals surface area contributed by atoms with Crippen LogP contribution in [0.1, 0.15) is 12.8 Å². The molecule has 106 valence electrons. The zero-order valence-corrected chi connectivity index (χ0v) is 10.8. The molecule has 0 aromatic carbocycles. The second-order valence-electron chi connectivity index (χ2n) is 4.41. The first kappa shape index (κ1) is 14.3. The van der Waals surface area contributed by atoms with Gasteiger partial charge in [0.05, 0.1) is 5.92 Å². The highest BCUT2D eigenvalue weighted by molar-refractivity contribution is 7.89. The number of nitrogens with zero attached hydrogens (tertiary/aromatic N) is 2. The third kappa shape index (κ3) is 3.06. The summed E-state index contributed by atoms with van der Waals surface area (Å²) in [7, 11) is -3.73. The zero-order chi connectivity index (χ0) is 14.1. The Morgan fingerprint density at radius 1 is 1.26 bits per heavy atom. The summed E-state index contributed by atoms with van der Waals surface area (Å²) in [5, 5.41) is 0. The first-order valence-corrected chi connectivity index (χ1v) is 7.23. The van der Waals surface area contributed by atoms with E-state index in [1.54, 1.807) is 0 Å². The zero-order valence-electron chi connectivity index (χ0n) is 9.97. The molecule has 0 N–H and O–H groups in total. The van der Waals surface area contributed by atoms with Crippen LogP contribution in [0.25, 0.3) is 0 Å². The number of halogens is 3. The number of sulfonamides is 1. The van der Waals surface area contributed by atoms with E-state index in [0.29, 0.717) is 0 Å². The quantitative estimate of drug-likeness (QED) is 0.838. The maximum Gasteiger partial charge on any atom is 0.391 e. The van der Waals surface area contributed by atoms with Crippen LogP contribution in [0.4, 0.5) is 13.2 Å². The van der Waals surface area contributed by atoms with Crippen molar-refractivity contribution in [3.05, 3.63) is 24.5 Å². The molecule has 2 rings (SSSR count). The van der Waals surface area contributed by atoms with Gasteiger partial charge in [-0.05, 0) is 25.0 Å². The summed E-state index contributed by atoms with van der Waals surface area (Å²) in [5.41, 5.74) is 0. The predicted molar refractivity (Wildman–Crippen MR) is 61.8 cm³/mol. The highest BCUT2D eigenvalue weighted by Gasteiger charge is 2.43. The first-order valence-electron chi connectivity index (χ1n) is 5.79. The molecule has 1 aromatic rings. The molecule has 1 aromatic heterocycles. The van der Waals surface area contributed by atoms with Crippen molar-refractivity contribution in [3.63, 3.8) is 0 Å². The van der Waals surface area contributed by atoms with E-state index in [4.69, 9.17) is 0 Å². The van der Waals surface area contributed by atoms with Gasteiger partial charge >= 0.3 is 6.18 Å². The lowest BCUT2D eigenvalue weighted by Crippen LogP contribution is -2.42. The van der Waals surface area contributed by atoms with E-state index in [1.807, 2.05) is 0 Å². The number of hydrogen-bond donors (Lipinski definition) is 0. The van der Waals surface area contributed by atoms with Gasteiger partial charge in [-0.1, -0.05) is 0 Å². The lowest BCUT2D eigenvalue weighted by molar-refractivity contribution is -0.182. The average molecular weight is 294 g/mol. The van der Waals surface area contributed by atoms with Gasteiger partial charge in [0.15, 0.2) is 0 Å². The Morgan fingerprint density at radius 2 is 1.89 bits per heavy atom. The van der Waals surface area contributed by atoms with Gasteiger partial charge in [-0.3, -0.25) is 4.98 Å². The monoisotopic (exact) mass is 294 g/mol. The van der Waals surface area contributed by atoms with Crippen molar-refractivity contribution in [2.24, 2.45) is 5.92 Å². The number of hydrogen-bond acceptors (Lipinski definition) is 3. The molecule has 0 atom stereocenters. The molecular weight excluding hydrogens is 281 g/mol. The van der Waals surface area contributed by atoms with Crippen LogP contribution < -0.4 is 0 Å². The maximum atomic E-state index is 12.5. The fraction of sp³-hybridized carbons (Fsp3) is 0.545. The van der Waals surface area contributed by atoms with Crippen LogP contribution in [0.15, 0.2) is 29.4 Å². The van der Waals surface area contributed by atoms with Gasteiger partial charge in [0.2, 0.25) is 10.0 Å². The summed E-state index contributed by atoms with van der Waals surface area (Å²) in [6.45, 7) is -0.219. The van der Waals surface area contributed by atoms with Gasteiger partial charge in [0.25, 0.3) is 0 Å². The Labute approximate surface area is 109 Å². The first-order chi connectivity index (χ1) is 8.82. The van der Waals surface area contributed by atoms with Crippen molar-refractivity contribution in [2.75, 3.05) is 13.1 Å². The van der Waals surface area contributed by atoms with E-state index in [0.717, 1.165) is 4.31 Å². The molecule has 1 saturated heterocycles. The second-order valence-corrected chi connectivity index (χ2v) is 6.35. The van der Waals surface area contributed by atoms with Crippen LogP contribution in [0.5, 0.6) is 0 Å². The summed E-state index contributed by atoms with van der Waals surface area (Å²) < 4.78 is 62.9. The van der Waals surface area contributed by atoms with E-state index >= 15 is 0 Å². The molecule has 0 radical (unpaired) electrons. The lowest BCUT2D eigenvalue weighted by atomic mass is 9.98. The summed E-state index contributed by atoms with van der Waals surface area (Å²) in [5.74, 6) is -1.41. The van der Waals surface area contributed by atoms with Gasteiger partial charge in [0.1, 0.15) is 4.90 Å². The molecule has 0 unspecified atom stereocenters. The predicted octanol–water partition coefficient (Wildman–Crippen LogP) is 2.04. The van der Waals surface area contributed by atoms with Crippen molar-refractivity contribution in [1.29, 1.82) is 0 Å². The summed E-state index contributed by atoms with van der Waals surface area (Å²) >= 11 is 0. The van der Waals surface area contributed by atoms with E-state index in [1.165, 1.54) is 24.5 Å². The van der Waals surface area contributed by atoms with Gasteiger partial charge in [-0.2, -0.15) is 17.5 Å². The minimum Gasteiger partial charge on any atom is -0.263 e. The van der Waals surface area contributed by atoms with Crippen molar-refractivity contribution < 1.29 is 21.6 Å². The van der Waals surface area contributed by atoms with Crippen LogP contribution in [-0.2, 0) is 10.0 Å². The molecule has 1 aliphatic heterocycles. The fourth-order valence-electron chi connectivity index (χ4n) is 2.07. The molecule has 8 heteroatoms. The Bertz CT molecular complexity index is 523. The van der Waals surface area contributed by atoms with Crippen LogP contribution in [0, 0.1) is 5.92 Å². The average Bonchev–Trinajstić information content (AvgIpc) is 2.39. The van der Waals surface area contributed by atoms with Crippen molar-refractivity contribution >= 4 is 10.0 Å². The minimum atomic E-state index is -4.25. The highest BCUT2D eigenvalue weighted by Crippen LogP contribution is 2.35. The van der Waals surface area contributed by atoms with Gasteiger partial charge in [-0.15, -0.1) is 0 Å². The van der Waals surface area contributed by atoms with Gasteiger partial charge in [-0.25, -0.2) is 8.42 Å². The molecule has 2 heterocycles. The van der Waals surface area contributed by atoms with Crippen LogP contribution in [0.3, 0.4) is 0 Å². The molecule has 1 fully saturated rings.